The molecule has 2 bridgehead atoms. The van der Waals surface area contributed by atoms with Gasteiger partial charge in [0.15, 0.2) is 0 Å². The zero-order chi connectivity index (χ0) is 16.0. The summed E-state index contributed by atoms with van der Waals surface area (Å²) in [6.07, 6.45) is 1.53. The molecule has 2 aliphatic heterocycles. The molecule has 2 aromatic rings. The largest absolute Gasteiger partial charge is 0.394 e. The van der Waals surface area contributed by atoms with Gasteiger partial charge in [0.2, 0.25) is 5.91 Å². The number of anilines is 1. The fraction of sp³-hybridized carbons (Fsp3) is 0.412. The normalized spacial score (nSPS) is 22.7. The summed E-state index contributed by atoms with van der Waals surface area (Å²) >= 11 is 1.62. The molecule has 0 radical (unpaired) electrons. The van der Waals surface area contributed by atoms with Crippen molar-refractivity contribution in [1.29, 1.82) is 0 Å². The first-order valence-electron chi connectivity index (χ1n) is 7.91. The molecule has 5 nitrogen and oxygen atoms in total. The van der Waals surface area contributed by atoms with E-state index in [-0.39, 0.29) is 17.4 Å². The molecule has 0 spiro atoms. The average molecular weight is 329 g/mol. The van der Waals surface area contributed by atoms with Crippen molar-refractivity contribution in [3.8, 4) is 0 Å². The Morgan fingerprint density at radius 3 is 2.91 bits per heavy atom. The predicted molar refractivity (Wildman–Crippen MR) is 90.6 cm³/mol. The number of piperidine rings is 1. The molecule has 4 rings (SSSR count). The maximum absolute atomic E-state index is 12.6. The van der Waals surface area contributed by atoms with Gasteiger partial charge in [0.25, 0.3) is 5.56 Å². The molecular weight excluding hydrogens is 310 g/mol. The Hall–Kier alpha value is -2.08. The van der Waals surface area contributed by atoms with Gasteiger partial charge < -0.3 is 15.2 Å². The summed E-state index contributed by atoms with van der Waals surface area (Å²) in [4.78, 5) is 27.9. The van der Waals surface area contributed by atoms with Gasteiger partial charge in [-0.25, -0.2) is 0 Å². The van der Waals surface area contributed by atoms with Crippen molar-refractivity contribution >= 4 is 22.9 Å². The minimum atomic E-state index is -0.0874. The fourth-order valence-corrected chi connectivity index (χ4v) is 4.54. The van der Waals surface area contributed by atoms with Gasteiger partial charge in [-0.15, -0.1) is 11.3 Å². The van der Waals surface area contributed by atoms with Gasteiger partial charge in [0.05, 0.1) is 12.1 Å². The summed E-state index contributed by atoms with van der Waals surface area (Å²) in [7, 11) is 0. The number of carbonyl (C=O) groups is 1. The van der Waals surface area contributed by atoms with E-state index < -0.39 is 0 Å². The molecule has 2 aliphatic rings. The second-order valence-corrected chi connectivity index (χ2v) is 7.52. The number of hydrogen-bond acceptors (Lipinski definition) is 4. The van der Waals surface area contributed by atoms with Crippen molar-refractivity contribution < 1.29 is 4.79 Å². The van der Waals surface area contributed by atoms with E-state index in [1.54, 1.807) is 17.4 Å². The second-order valence-electron chi connectivity index (χ2n) is 6.48. The molecule has 2 unspecified atom stereocenters. The van der Waals surface area contributed by atoms with Crippen molar-refractivity contribution in [2.45, 2.75) is 25.3 Å². The zero-order valence-corrected chi connectivity index (χ0v) is 13.6. The van der Waals surface area contributed by atoms with E-state index in [2.05, 4.69) is 0 Å². The number of hydrogen-bond donors (Lipinski definition) is 1. The molecule has 0 saturated carbocycles. The Labute approximate surface area is 138 Å². The molecule has 120 valence electrons. The number of likely N-dealkylation sites (tertiary alicyclic amines) is 1. The van der Waals surface area contributed by atoms with Gasteiger partial charge in [0, 0.05) is 36.1 Å². The lowest BCUT2D eigenvalue weighted by Crippen LogP contribution is -2.49. The van der Waals surface area contributed by atoms with E-state index in [1.165, 1.54) is 0 Å². The Kier molecular flexibility index (Phi) is 3.49. The number of thiophene rings is 1. The topological polar surface area (TPSA) is 68.3 Å². The highest BCUT2D eigenvalue weighted by Crippen LogP contribution is 2.35. The number of rotatable bonds is 2. The van der Waals surface area contributed by atoms with Crippen LogP contribution in [0.1, 0.15) is 22.9 Å². The van der Waals surface area contributed by atoms with E-state index in [4.69, 9.17) is 5.73 Å². The summed E-state index contributed by atoms with van der Waals surface area (Å²) in [6, 6.07) is 7.63. The molecule has 1 fully saturated rings. The lowest BCUT2D eigenvalue weighted by molar-refractivity contribution is -0.133. The van der Waals surface area contributed by atoms with Crippen LogP contribution in [0.3, 0.4) is 0 Å². The SMILES string of the molecule is Nc1ccc2n(c1=O)CC1CC2CN(C(=O)Cc2cccs2)C1. The van der Waals surface area contributed by atoms with Crippen LogP contribution in [0.25, 0.3) is 0 Å². The smallest absolute Gasteiger partial charge is 0.273 e. The lowest BCUT2D eigenvalue weighted by Gasteiger charge is -2.42. The summed E-state index contributed by atoms with van der Waals surface area (Å²) in [5.41, 5.74) is 6.99. The van der Waals surface area contributed by atoms with Crippen molar-refractivity contribution in [2.75, 3.05) is 18.8 Å². The first-order chi connectivity index (χ1) is 11.1. The van der Waals surface area contributed by atoms with Crippen LogP contribution in [-0.4, -0.2) is 28.5 Å². The number of carbonyl (C=O) groups excluding carboxylic acids is 1. The summed E-state index contributed by atoms with van der Waals surface area (Å²) in [6.45, 7) is 2.10. The van der Waals surface area contributed by atoms with Crippen LogP contribution in [0, 0.1) is 5.92 Å². The van der Waals surface area contributed by atoms with Crippen molar-refractivity contribution in [3.05, 3.63) is 50.6 Å². The van der Waals surface area contributed by atoms with Crippen LogP contribution >= 0.6 is 11.3 Å². The highest BCUT2D eigenvalue weighted by molar-refractivity contribution is 7.10. The third-order valence-electron chi connectivity index (χ3n) is 4.89. The first-order valence-corrected chi connectivity index (χ1v) is 8.79. The second kappa shape index (κ2) is 5.53. The van der Waals surface area contributed by atoms with Crippen LogP contribution in [-0.2, 0) is 17.8 Å². The summed E-state index contributed by atoms with van der Waals surface area (Å²) in [5, 5.41) is 2.00. The van der Waals surface area contributed by atoms with Crippen molar-refractivity contribution in [3.63, 3.8) is 0 Å². The summed E-state index contributed by atoms with van der Waals surface area (Å²) in [5.74, 6) is 0.768. The van der Waals surface area contributed by atoms with Crippen LogP contribution in [0.2, 0.25) is 0 Å². The highest BCUT2D eigenvalue weighted by Gasteiger charge is 2.36. The lowest BCUT2D eigenvalue weighted by atomic mass is 9.83. The average Bonchev–Trinajstić information content (AvgIpc) is 3.04. The Morgan fingerprint density at radius 1 is 1.26 bits per heavy atom. The minimum absolute atomic E-state index is 0.0874. The molecular formula is C17H19N3O2S. The Morgan fingerprint density at radius 2 is 2.13 bits per heavy atom. The van der Waals surface area contributed by atoms with E-state index in [1.807, 2.05) is 33.0 Å². The van der Waals surface area contributed by atoms with E-state index >= 15 is 0 Å². The number of aromatic nitrogens is 1. The van der Waals surface area contributed by atoms with Gasteiger partial charge >= 0.3 is 0 Å². The Bertz CT molecular complexity index is 797. The van der Waals surface area contributed by atoms with Gasteiger partial charge in [-0.2, -0.15) is 0 Å². The van der Waals surface area contributed by atoms with Crippen LogP contribution in [0.15, 0.2) is 34.4 Å². The third kappa shape index (κ3) is 2.57. The number of amides is 1. The number of nitrogen functional groups attached to an aromatic ring is 1. The van der Waals surface area contributed by atoms with Gasteiger partial charge in [-0.3, -0.25) is 9.59 Å². The van der Waals surface area contributed by atoms with Gasteiger partial charge in [-0.05, 0) is 35.9 Å². The van der Waals surface area contributed by atoms with Crippen LogP contribution < -0.4 is 11.3 Å². The molecule has 6 heteroatoms. The summed E-state index contributed by atoms with van der Waals surface area (Å²) < 4.78 is 1.81. The molecule has 1 amide bonds. The number of fused-ring (bicyclic) bond motifs is 4. The standard InChI is InChI=1S/C17H19N3O2S/c18-14-3-4-15-12-6-11(9-20(15)17(14)22)8-19(10-12)16(21)7-13-2-1-5-23-13/h1-5,11-12H,6-10,18H2. The molecule has 0 aliphatic carbocycles. The van der Waals surface area contributed by atoms with E-state index in [0.29, 0.717) is 31.1 Å². The molecule has 1 saturated heterocycles. The molecule has 4 heterocycles. The monoisotopic (exact) mass is 329 g/mol. The predicted octanol–water partition coefficient (Wildman–Crippen LogP) is 1.68. The first kappa shape index (κ1) is 14.5. The molecule has 2 atom stereocenters. The molecule has 23 heavy (non-hydrogen) atoms. The van der Waals surface area contributed by atoms with Gasteiger partial charge in [-0.1, -0.05) is 6.07 Å². The highest BCUT2D eigenvalue weighted by atomic mass is 32.1. The minimum Gasteiger partial charge on any atom is -0.394 e. The zero-order valence-electron chi connectivity index (χ0n) is 12.8. The molecule has 2 N–H and O–H groups in total. The number of nitrogens with two attached hydrogens (primary N) is 1. The maximum atomic E-state index is 12.6. The number of nitrogens with zero attached hydrogens (tertiary/aromatic N) is 2. The van der Waals surface area contributed by atoms with Crippen LogP contribution in [0.4, 0.5) is 5.69 Å². The quantitative estimate of drug-likeness (QED) is 0.911. The maximum Gasteiger partial charge on any atom is 0.273 e. The fourth-order valence-electron chi connectivity index (χ4n) is 3.84. The molecule has 0 aromatic carbocycles. The van der Waals surface area contributed by atoms with Crippen molar-refractivity contribution in [1.82, 2.24) is 9.47 Å². The Balaban J connectivity index is 1.57. The van der Waals surface area contributed by atoms with Gasteiger partial charge in [0.1, 0.15) is 0 Å². The van der Waals surface area contributed by atoms with E-state index in [9.17, 15) is 9.59 Å². The molecule has 2 aromatic heterocycles. The third-order valence-corrected chi connectivity index (χ3v) is 5.77. The van der Waals surface area contributed by atoms with Crippen LogP contribution in [0.5, 0.6) is 0 Å². The van der Waals surface area contributed by atoms with E-state index in [0.717, 1.165) is 23.5 Å². The number of pyridine rings is 1. The van der Waals surface area contributed by atoms with Crippen molar-refractivity contribution in [2.24, 2.45) is 5.92 Å².